The molecule has 0 aliphatic heterocycles. The second kappa shape index (κ2) is 11.5. The third-order valence-electron chi connectivity index (χ3n) is 8.00. The summed E-state index contributed by atoms with van der Waals surface area (Å²) in [5, 5.41) is 8.56. The molecule has 0 aliphatic carbocycles. The normalized spacial score (nSPS) is 11.2. The van der Waals surface area contributed by atoms with E-state index in [2.05, 4.69) is 143 Å². The zero-order valence-electron chi connectivity index (χ0n) is 23.7. The molecule has 8 rings (SSSR count). The topological polar surface area (TPSA) is 25.8 Å². The molecule has 0 N–H and O–H groups in total. The van der Waals surface area contributed by atoms with Gasteiger partial charge in [0.05, 0.1) is 0 Å². The van der Waals surface area contributed by atoms with Crippen LogP contribution < -0.4 is 0 Å². The third-order valence-corrected chi connectivity index (χ3v) is 9.65. The van der Waals surface area contributed by atoms with E-state index < -0.39 is 0 Å². The molecule has 0 aliphatic rings. The highest BCUT2D eigenvalue weighted by Gasteiger charge is 2.24. The van der Waals surface area contributed by atoms with Crippen LogP contribution >= 0.6 is 22.7 Å². The fourth-order valence-electron chi connectivity index (χ4n) is 6.17. The molecule has 0 amide bonds. The summed E-state index contributed by atoms with van der Waals surface area (Å²) in [6.07, 6.45) is 3.75. The molecule has 0 spiro atoms. The van der Waals surface area contributed by atoms with Gasteiger partial charge in [-0.3, -0.25) is 0 Å². The van der Waals surface area contributed by atoms with Crippen molar-refractivity contribution in [3.05, 3.63) is 157 Å². The lowest BCUT2D eigenvalue weighted by Gasteiger charge is -2.24. The summed E-state index contributed by atoms with van der Waals surface area (Å²) in [5.41, 5.74) is 11.9. The number of benzene rings is 6. The molecule has 0 saturated carbocycles. The fourth-order valence-corrected chi connectivity index (χ4v) is 7.44. The maximum Gasteiger partial charge on any atom is 0.123 e. The van der Waals surface area contributed by atoms with Gasteiger partial charge in [-0.15, -0.1) is 22.7 Å². The van der Waals surface area contributed by atoms with Gasteiger partial charge < -0.3 is 0 Å². The minimum absolute atomic E-state index is 1.02. The summed E-state index contributed by atoms with van der Waals surface area (Å²) in [6.45, 7) is 0. The molecule has 2 heterocycles. The first-order valence-corrected chi connectivity index (χ1v) is 16.3. The Bertz CT molecular complexity index is 2040. The molecule has 2 nitrogen and oxygen atoms in total. The molecule has 0 bridgehead atoms. The van der Waals surface area contributed by atoms with E-state index in [1.807, 2.05) is 23.2 Å². The molecule has 4 heteroatoms. The second-order valence-corrected chi connectivity index (χ2v) is 12.4. The number of nitrogens with zero attached hydrogens (tertiary/aromatic N) is 2. The van der Waals surface area contributed by atoms with Crippen molar-refractivity contribution in [2.75, 3.05) is 0 Å². The van der Waals surface area contributed by atoms with Crippen LogP contribution in [0.2, 0.25) is 0 Å². The molecule has 2 aromatic heterocycles. The van der Waals surface area contributed by atoms with Crippen LogP contribution in [0.5, 0.6) is 0 Å². The fraction of sp³-hybridized carbons (Fsp3) is 0. The Labute approximate surface area is 264 Å². The van der Waals surface area contributed by atoms with Gasteiger partial charge in [0.2, 0.25) is 0 Å². The van der Waals surface area contributed by atoms with E-state index >= 15 is 0 Å². The van der Waals surface area contributed by atoms with Crippen LogP contribution in [0.4, 0.5) is 0 Å². The molecular weight excluding hydrogens is 573 g/mol. The maximum atomic E-state index is 4.63. The Morgan fingerprint density at radius 3 is 1.14 bits per heavy atom. The standard InChI is InChI=1S/C40H26N2S2/c1-3-11-27(12-4-1)37-35(29-15-9-17-31(25-29)39-41-21-23-43-39)33-19-7-8-20-34(33)36(38(37)28-13-5-2-6-14-28)30-16-10-18-32(26-30)40-42-22-24-44-40/h1-26H. The van der Waals surface area contributed by atoms with E-state index in [4.69, 9.17) is 0 Å². The molecule has 44 heavy (non-hydrogen) atoms. The van der Waals surface area contributed by atoms with Crippen molar-refractivity contribution in [2.24, 2.45) is 0 Å². The van der Waals surface area contributed by atoms with Crippen LogP contribution in [0.25, 0.3) is 76.4 Å². The summed E-state index contributed by atoms with van der Waals surface area (Å²) in [6, 6.07) is 48.2. The van der Waals surface area contributed by atoms with Crippen molar-refractivity contribution in [2.45, 2.75) is 0 Å². The Balaban J connectivity index is 1.54. The van der Waals surface area contributed by atoms with Crippen molar-refractivity contribution in [3.8, 4) is 65.6 Å². The van der Waals surface area contributed by atoms with Crippen molar-refractivity contribution >= 4 is 33.4 Å². The zero-order valence-corrected chi connectivity index (χ0v) is 25.4. The lowest BCUT2D eigenvalue weighted by atomic mass is 9.78. The van der Waals surface area contributed by atoms with E-state index in [9.17, 15) is 0 Å². The Hall–Kier alpha value is -5.16. The molecule has 6 aromatic carbocycles. The smallest absolute Gasteiger partial charge is 0.123 e. The van der Waals surface area contributed by atoms with Crippen molar-refractivity contribution in [3.63, 3.8) is 0 Å². The first kappa shape index (κ1) is 26.5. The number of rotatable bonds is 6. The van der Waals surface area contributed by atoms with E-state index in [1.54, 1.807) is 22.7 Å². The van der Waals surface area contributed by atoms with Crippen molar-refractivity contribution < 1.29 is 0 Å². The number of hydrogen-bond acceptors (Lipinski definition) is 4. The summed E-state index contributed by atoms with van der Waals surface area (Å²) in [7, 11) is 0. The third kappa shape index (κ3) is 4.75. The average molecular weight is 599 g/mol. The van der Waals surface area contributed by atoms with Gasteiger partial charge in [-0.2, -0.15) is 0 Å². The van der Waals surface area contributed by atoms with E-state index in [0.717, 1.165) is 21.1 Å². The Kier molecular flexibility index (Phi) is 6.91. The van der Waals surface area contributed by atoms with E-state index in [0.29, 0.717) is 0 Å². The van der Waals surface area contributed by atoms with Crippen LogP contribution in [-0.4, -0.2) is 9.97 Å². The first-order chi connectivity index (χ1) is 21.8. The van der Waals surface area contributed by atoms with Crippen molar-refractivity contribution in [1.82, 2.24) is 9.97 Å². The Morgan fingerprint density at radius 1 is 0.341 bits per heavy atom. The molecular formula is C40H26N2S2. The van der Waals surface area contributed by atoms with Gasteiger partial charge in [0.1, 0.15) is 10.0 Å². The van der Waals surface area contributed by atoms with Gasteiger partial charge in [0.25, 0.3) is 0 Å². The molecule has 208 valence electrons. The lowest BCUT2D eigenvalue weighted by molar-refractivity contribution is 1.41. The predicted molar refractivity (Wildman–Crippen MR) is 188 cm³/mol. The van der Waals surface area contributed by atoms with Gasteiger partial charge in [0.15, 0.2) is 0 Å². The zero-order chi connectivity index (χ0) is 29.3. The largest absolute Gasteiger partial charge is 0.245 e. The summed E-state index contributed by atoms with van der Waals surface area (Å²) < 4.78 is 0. The molecule has 8 aromatic rings. The number of fused-ring (bicyclic) bond motifs is 1. The lowest BCUT2D eigenvalue weighted by Crippen LogP contribution is -1.97. The average Bonchev–Trinajstić information content (AvgIpc) is 3.84. The van der Waals surface area contributed by atoms with Gasteiger partial charge in [-0.25, -0.2) is 9.97 Å². The van der Waals surface area contributed by atoms with Gasteiger partial charge in [-0.1, -0.05) is 121 Å². The summed E-state index contributed by atoms with van der Waals surface area (Å²) in [4.78, 5) is 9.25. The summed E-state index contributed by atoms with van der Waals surface area (Å²) in [5.74, 6) is 0. The SMILES string of the molecule is c1ccc(-c2c(-c3ccccc3)c(-c3cccc(-c4nccs4)c3)c3ccccc3c2-c2cccc(-c3nccs3)c2)cc1. The highest BCUT2D eigenvalue weighted by Crippen LogP contribution is 2.51. The molecule has 0 atom stereocenters. The van der Waals surface area contributed by atoms with Crippen LogP contribution in [-0.2, 0) is 0 Å². The van der Waals surface area contributed by atoms with Crippen LogP contribution in [0.3, 0.4) is 0 Å². The van der Waals surface area contributed by atoms with Crippen LogP contribution in [0.1, 0.15) is 0 Å². The van der Waals surface area contributed by atoms with E-state index in [-0.39, 0.29) is 0 Å². The highest BCUT2D eigenvalue weighted by molar-refractivity contribution is 7.13. The molecule has 0 unspecified atom stereocenters. The number of thiazole rings is 2. The maximum absolute atomic E-state index is 4.63. The molecule has 0 saturated heterocycles. The molecule has 0 radical (unpaired) electrons. The van der Waals surface area contributed by atoms with Crippen LogP contribution in [0.15, 0.2) is 157 Å². The number of aromatic nitrogens is 2. The van der Waals surface area contributed by atoms with Gasteiger partial charge >= 0.3 is 0 Å². The monoisotopic (exact) mass is 598 g/mol. The number of hydrogen-bond donors (Lipinski definition) is 0. The van der Waals surface area contributed by atoms with Crippen LogP contribution in [0, 0.1) is 0 Å². The predicted octanol–water partition coefficient (Wildman–Crippen LogP) is 11.8. The minimum atomic E-state index is 1.02. The van der Waals surface area contributed by atoms with Crippen molar-refractivity contribution in [1.29, 1.82) is 0 Å². The van der Waals surface area contributed by atoms with E-state index in [1.165, 1.54) is 55.3 Å². The second-order valence-electron chi connectivity index (χ2n) is 10.6. The summed E-state index contributed by atoms with van der Waals surface area (Å²) >= 11 is 3.34. The van der Waals surface area contributed by atoms with Gasteiger partial charge in [0, 0.05) is 34.3 Å². The molecule has 0 fully saturated rings. The van der Waals surface area contributed by atoms with Gasteiger partial charge in [-0.05, 0) is 67.4 Å². The quantitative estimate of drug-likeness (QED) is 0.190. The minimum Gasteiger partial charge on any atom is -0.245 e. The first-order valence-electron chi connectivity index (χ1n) is 14.6. The highest BCUT2D eigenvalue weighted by atomic mass is 32.1. The Morgan fingerprint density at radius 2 is 0.727 bits per heavy atom.